The number of piperazine rings is 1. The molecule has 0 bridgehead atoms. The van der Waals surface area contributed by atoms with E-state index in [0.717, 1.165) is 22.2 Å². The number of carbonyl (C=O) groups excluding carboxylic acids is 1. The Hall–Kier alpha value is -3.68. The third kappa shape index (κ3) is 4.79. The predicted molar refractivity (Wildman–Crippen MR) is 147 cm³/mol. The molecule has 1 aromatic heterocycles. The predicted octanol–water partition coefficient (Wildman–Crippen LogP) is 3.38. The summed E-state index contributed by atoms with van der Waals surface area (Å²) in [5.74, 6) is 0.499. The van der Waals surface area contributed by atoms with Crippen molar-refractivity contribution < 1.29 is 17.9 Å². The minimum Gasteiger partial charge on any atom is -0.497 e. The molecular weight excluding hydrogens is 502 g/mol. The van der Waals surface area contributed by atoms with Crippen LogP contribution in [0, 0.1) is 6.57 Å². The smallest absolute Gasteiger partial charge is 0.260 e. The van der Waals surface area contributed by atoms with Crippen LogP contribution < -0.4 is 9.64 Å². The van der Waals surface area contributed by atoms with Gasteiger partial charge in [0.15, 0.2) is 0 Å². The van der Waals surface area contributed by atoms with Crippen LogP contribution in [0.5, 0.6) is 5.75 Å². The van der Waals surface area contributed by atoms with Crippen molar-refractivity contribution in [2.45, 2.75) is 18.4 Å². The van der Waals surface area contributed by atoms with Gasteiger partial charge in [-0.05, 0) is 18.2 Å². The Balaban J connectivity index is 1.50. The number of hydrogen-bond donors (Lipinski definition) is 0. The summed E-state index contributed by atoms with van der Waals surface area (Å²) >= 11 is 0. The van der Waals surface area contributed by atoms with Crippen molar-refractivity contribution in [3.05, 3.63) is 77.3 Å². The van der Waals surface area contributed by atoms with E-state index in [9.17, 15) is 13.2 Å². The van der Waals surface area contributed by atoms with E-state index in [0.29, 0.717) is 50.3 Å². The molecule has 0 aliphatic carbocycles. The third-order valence-electron chi connectivity index (χ3n) is 7.70. The average molecular weight is 534 g/mol. The van der Waals surface area contributed by atoms with Gasteiger partial charge in [0.05, 0.1) is 30.1 Å². The van der Waals surface area contributed by atoms with Crippen molar-refractivity contribution in [1.82, 2.24) is 14.2 Å². The summed E-state index contributed by atoms with van der Waals surface area (Å²) in [6.07, 6.45) is 4.09. The lowest BCUT2D eigenvalue weighted by Crippen LogP contribution is -2.50. The molecule has 3 aromatic rings. The van der Waals surface area contributed by atoms with Crippen molar-refractivity contribution in [2.75, 3.05) is 57.5 Å². The molecule has 0 radical (unpaired) electrons. The summed E-state index contributed by atoms with van der Waals surface area (Å²) < 4.78 is 30.8. The lowest BCUT2D eigenvalue weighted by molar-refractivity contribution is 0.0698. The Morgan fingerprint density at radius 1 is 1.03 bits per heavy atom. The summed E-state index contributed by atoms with van der Waals surface area (Å²) in [6.45, 7) is 10.4. The van der Waals surface area contributed by atoms with E-state index in [1.54, 1.807) is 18.2 Å². The first-order valence-corrected chi connectivity index (χ1v) is 14.5. The second-order valence-corrected chi connectivity index (χ2v) is 11.8. The van der Waals surface area contributed by atoms with Gasteiger partial charge in [0.2, 0.25) is 10.0 Å². The molecule has 1 amide bonds. The molecule has 0 unspecified atom stereocenters. The number of methoxy groups -OCH3 is 1. The maximum atomic E-state index is 13.8. The first-order valence-electron chi connectivity index (χ1n) is 12.7. The number of amides is 1. The lowest BCUT2D eigenvalue weighted by Gasteiger charge is -2.38. The Morgan fingerprint density at radius 3 is 2.32 bits per heavy atom. The molecule has 9 nitrogen and oxygen atoms in total. The first-order chi connectivity index (χ1) is 18.3. The van der Waals surface area contributed by atoms with Crippen LogP contribution in [0.4, 0.5) is 5.69 Å². The number of aromatic nitrogens is 1. The number of fused-ring (bicyclic) bond motifs is 1. The SMILES string of the molecule is [C-]#[N+]C1(c2ccccc2)CCN(c2c(C(=O)N3CCN(S(C)(=O)=O)CC3)cnc3ccc(OC)cc23)CC1. The second-order valence-electron chi connectivity index (χ2n) is 9.85. The van der Waals surface area contributed by atoms with E-state index in [1.807, 2.05) is 48.5 Å². The fourth-order valence-electron chi connectivity index (χ4n) is 5.49. The number of sulfonamides is 1. The zero-order chi connectivity index (χ0) is 26.9. The number of ether oxygens (including phenoxy) is 1. The number of rotatable bonds is 5. The van der Waals surface area contributed by atoms with Crippen LogP contribution in [0.3, 0.4) is 0 Å². The molecule has 2 fully saturated rings. The quantitative estimate of drug-likeness (QED) is 0.468. The van der Waals surface area contributed by atoms with Crippen LogP contribution in [-0.2, 0) is 15.6 Å². The van der Waals surface area contributed by atoms with Gasteiger partial charge in [0.1, 0.15) is 5.75 Å². The van der Waals surface area contributed by atoms with E-state index in [2.05, 4.69) is 14.7 Å². The number of pyridine rings is 1. The monoisotopic (exact) mass is 533 g/mol. The molecule has 2 aliphatic rings. The van der Waals surface area contributed by atoms with Crippen molar-refractivity contribution in [3.63, 3.8) is 0 Å². The van der Waals surface area contributed by atoms with E-state index >= 15 is 0 Å². The van der Waals surface area contributed by atoms with Gasteiger partial charge in [-0.3, -0.25) is 9.78 Å². The topological polar surface area (TPSA) is 87.4 Å². The molecule has 198 valence electrons. The molecule has 10 heteroatoms. The highest BCUT2D eigenvalue weighted by molar-refractivity contribution is 7.88. The third-order valence-corrected chi connectivity index (χ3v) is 9.01. The maximum Gasteiger partial charge on any atom is 0.260 e. The van der Waals surface area contributed by atoms with Gasteiger partial charge >= 0.3 is 0 Å². The number of anilines is 1. The van der Waals surface area contributed by atoms with E-state index < -0.39 is 15.6 Å². The molecule has 38 heavy (non-hydrogen) atoms. The molecule has 2 saturated heterocycles. The molecule has 0 saturated carbocycles. The summed E-state index contributed by atoms with van der Waals surface area (Å²) in [5, 5.41) is 0.819. The standard InChI is InChI=1S/C28H31N5O4S/c1-29-28(21-7-5-4-6-8-21)11-13-31(14-12-28)26-23-19-22(37-2)9-10-25(23)30-20-24(26)27(34)32-15-17-33(18-16-32)38(3,35)36/h4-10,19-20H,11-18H2,2-3H3. The summed E-state index contributed by atoms with van der Waals surface area (Å²) in [7, 11) is -1.69. The van der Waals surface area contributed by atoms with E-state index in [4.69, 9.17) is 11.3 Å². The number of piperidine rings is 1. The largest absolute Gasteiger partial charge is 0.497 e. The number of hydrogen-bond acceptors (Lipinski definition) is 6. The number of nitrogens with zero attached hydrogens (tertiary/aromatic N) is 5. The minimum absolute atomic E-state index is 0.171. The highest BCUT2D eigenvalue weighted by atomic mass is 32.2. The Morgan fingerprint density at radius 2 is 1.71 bits per heavy atom. The zero-order valence-electron chi connectivity index (χ0n) is 21.6. The fourth-order valence-corrected chi connectivity index (χ4v) is 6.32. The van der Waals surface area contributed by atoms with Crippen molar-refractivity contribution in [2.24, 2.45) is 0 Å². The minimum atomic E-state index is -3.30. The highest BCUT2D eigenvalue weighted by Gasteiger charge is 2.43. The molecule has 5 rings (SSSR count). The summed E-state index contributed by atoms with van der Waals surface area (Å²) in [4.78, 5) is 26.4. The van der Waals surface area contributed by atoms with Crippen molar-refractivity contribution in [3.8, 4) is 5.75 Å². The van der Waals surface area contributed by atoms with Crippen LogP contribution in [-0.4, -0.2) is 81.1 Å². The number of benzene rings is 2. The molecule has 0 atom stereocenters. The van der Waals surface area contributed by atoms with Crippen molar-refractivity contribution in [1.29, 1.82) is 0 Å². The molecule has 2 aromatic carbocycles. The Labute approximate surface area is 223 Å². The second kappa shape index (κ2) is 10.2. The summed E-state index contributed by atoms with van der Waals surface area (Å²) in [5.41, 5.74) is 2.45. The van der Waals surface area contributed by atoms with Crippen molar-refractivity contribution >= 4 is 32.5 Å². The van der Waals surface area contributed by atoms with Gasteiger partial charge < -0.3 is 19.4 Å². The van der Waals surface area contributed by atoms with Crippen LogP contribution in [0.1, 0.15) is 28.8 Å². The first kappa shape index (κ1) is 25.9. The molecule has 2 aliphatic heterocycles. The van der Waals surface area contributed by atoms with Gasteiger partial charge in [-0.25, -0.2) is 15.0 Å². The van der Waals surface area contributed by atoms with Gasteiger partial charge in [0.25, 0.3) is 11.4 Å². The summed E-state index contributed by atoms with van der Waals surface area (Å²) in [6, 6.07) is 15.6. The van der Waals surface area contributed by atoms with E-state index in [-0.39, 0.29) is 19.0 Å². The highest BCUT2D eigenvalue weighted by Crippen LogP contribution is 2.41. The van der Waals surface area contributed by atoms with E-state index in [1.165, 1.54) is 10.6 Å². The number of carbonyl (C=O) groups is 1. The lowest BCUT2D eigenvalue weighted by atomic mass is 9.81. The van der Waals surface area contributed by atoms with Gasteiger partial charge in [0, 0.05) is 69.3 Å². The molecular formula is C28H31N5O4S. The van der Waals surface area contributed by atoms with Crippen LogP contribution in [0.15, 0.2) is 54.7 Å². The molecule has 3 heterocycles. The average Bonchev–Trinajstić information content (AvgIpc) is 2.96. The van der Waals surface area contributed by atoms with Crippen LogP contribution in [0.25, 0.3) is 15.7 Å². The van der Waals surface area contributed by atoms with Crippen LogP contribution in [0.2, 0.25) is 0 Å². The van der Waals surface area contributed by atoms with Gasteiger partial charge in [-0.1, -0.05) is 30.3 Å². The Bertz CT molecular complexity index is 1490. The zero-order valence-corrected chi connectivity index (χ0v) is 22.4. The molecule has 0 N–H and O–H groups in total. The maximum absolute atomic E-state index is 13.8. The van der Waals surface area contributed by atoms with Crippen LogP contribution >= 0.6 is 0 Å². The normalized spacial score (nSPS) is 18.2. The molecule has 0 spiro atoms. The fraction of sp³-hybridized carbons (Fsp3) is 0.393. The Kier molecular flexibility index (Phi) is 6.99. The van der Waals surface area contributed by atoms with Gasteiger partial charge in [-0.15, -0.1) is 0 Å². The van der Waals surface area contributed by atoms with Gasteiger partial charge in [-0.2, -0.15) is 4.31 Å².